The van der Waals surface area contributed by atoms with Gasteiger partial charge < -0.3 is 5.11 Å². The molecule has 1 aromatic rings. The molecule has 1 N–H and O–H groups in total. The third-order valence-electron chi connectivity index (χ3n) is 3.94. The van der Waals surface area contributed by atoms with E-state index in [2.05, 4.69) is 20.8 Å². The molecule has 2 aliphatic carbocycles. The van der Waals surface area contributed by atoms with Gasteiger partial charge in [-0.1, -0.05) is 20.8 Å². The Morgan fingerprint density at radius 1 is 1.31 bits per heavy atom. The summed E-state index contributed by atoms with van der Waals surface area (Å²) < 4.78 is 0. The number of thiazole rings is 1. The average Bonchev–Trinajstić information content (AvgIpc) is 2.75. The zero-order chi connectivity index (χ0) is 11.6. The summed E-state index contributed by atoms with van der Waals surface area (Å²) in [6.07, 6.45) is 4.13. The summed E-state index contributed by atoms with van der Waals surface area (Å²) in [5.41, 5.74) is 1.70. The fraction of sp³-hybridized carbons (Fsp3) is 0.769. The molecule has 16 heavy (non-hydrogen) atoms. The number of aliphatic hydroxyl groups excluding tert-OH is 1. The van der Waals surface area contributed by atoms with Gasteiger partial charge in [0.15, 0.2) is 0 Å². The molecule has 1 unspecified atom stereocenters. The van der Waals surface area contributed by atoms with Crippen LogP contribution in [-0.4, -0.2) is 10.1 Å². The van der Waals surface area contributed by atoms with E-state index in [-0.39, 0.29) is 11.5 Å². The van der Waals surface area contributed by atoms with Crippen LogP contribution in [0.1, 0.15) is 61.7 Å². The van der Waals surface area contributed by atoms with Crippen LogP contribution in [0.2, 0.25) is 0 Å². The molecule has 1 atom stereocenters. The first-order valence-corrected chi connectivity index (χ1v) is 6.89. The molecule has 3 heteroatoms. The lowest BCUT2D eigenvalue weighted by Gasteiger charge is -2.31. The molecular weight excluding hydrogens is 218 g/mol. The van der Waals surface area contributed by atoms with E-state index in [4.69, 9.17) is 4.98 Å². The van der Waals surface area contributed by atoms with Crippen molar-refractivity contribution in [2.45, 2.75) is 58.0 Å². The van der Waals surface area contributed by atoms with Gasteiger partial charge in [-0.25, -0.2) is 4.98 Å². The second-order valence-electron chi connectivity index (χ2n) is 6.45. The summed E-state index contributed by atoms with van der Waals surface area (Å²) in [5, 5.41) is 11.4. The molecule has 2 aliphatic rings. The lowest BCUT2D eigenvalue weighted by atomic mass is 9.77. The summed E-state index contributed by atoms with van der Waals surface area (Å²) >= 11 is 1.75. The molecule has 0 radical (unpaired) electrons. The number of fused-ring (bicyclic) bond motifs is 1. The van der Waals surface area contributed by atoms with E-state index in [0.29, 0.717) is 5.41 Å². The van der Waals surface area contributed by atoms with Crippen LogP contribution in [0.25, 0.3) is 0 Å². The van der Waals surface area contributed by atoms with E-state index in [9.17, 15) is 5.11 Å². The Kier molecular flexibility index (Phi) is 2.06. The van der Waals surface area contributed by atoms with Crippen molar-refractivity contribution >= 4 is 11.3 Å². The molecular formula is C13H19NOS. The zero-order valence-corrected chi connectivity index (χ0v) is 11.0. The number of hydrogen-bond donors (Lipinski definition) is 1. The third kappa shape index (κ3) is 1.61. The van der Waals surface area contributed by atoms with Crippen molar-refractivity contribution in [1.29, 1.82) is 0 Å². The molecule has 0 bridgehead atoms. The Morgan fingerprint density at radius 3 is 2.62 bits per heavy atom. The Labute approximate surface area is 101 Å². The van der Waals surface area contributed by atoms with E-state index in [1.54, 1.807) is 11.3 Å². The van der Waals surface area contributed by atoms with Crippen LogP contribution in [0.3, 0.4) is 0 Å². The first-order chi connectivity index (χ1) is 7.40. The van der Waals surface area contributed by atoms with Gasteiger partial charge in [0.1, 0.15) is 0 Å². The highest BCUT2D eigenvalue weighted by atomic mass is 32.1. The van der Waals surface area contributed by atoms with E-state index >= 15 is 0 Å². The Hall–Kier alpha value is -0.410. The van der Waals surface area contributed by atoms with Gasteiger partial charge in [0.05, 0.1) is 21.7 Å². The van der Waals surface area contributed by atoms with Crippen molar-refractivity contribution in [3.8, 4) is 0 Å². The predicted molar refractivity (Wildman–Crippen MR) is 65.8 cm³/mol. The van der Waals surface area contributed by atoms with Gasteiger partial charge in [-0.2, -0.15) is 0 Å². The Morgan fingerprint density at radius 2 is 2.00 bits per heavy atom. The smallest absolute Gasteiger partial charge is 0.0991 e. The van der Waals surface area contributed by atoms with Gasteiger partial charge in [0.2, 0.25) is 0 Å². The zero-order valence-electron chi connectivity index (χ0n) is 10.2. The van der Waals surface area contributed by atoms with E-state index in [0.717, 1.165) is 23.4 Å². The van der Waals surface area contributed by atoms with E-state index in [1.807, 2.05) is 0 Å². The number of rotatable bonds is 1. The molecule has 0 saturated heterocycles. The Balaban J connectivity index is 2.00. The number of nitrogens with zero attached hydrogens (tertiary/aromatic N) is 1. The predicted octanol–water partition coefficient (Wildman–Crippen LogP) is 3.20. The standard InChI is InChI=1S/C13H19NOS/c1-12(2)6-8-10(9(15)7-12)16-11(14-8)13(3)4-5-13/h9,15H,4-7H2,1-3H3. The second kappa shape index (κ2) is 3.08. The molecule has 88 valence electrons. The Bertz CT molecular complexity index is 431. The van der Waals surface area contributed by atoms with Gasteiger partial charge >= 0.3 is 0 Å². The summed E-state index contributed by atoms with van der Waals surface area (Å²) in [5.74, 6) is 0. The highest BCUT2D eigenvalue weighted by Gasteiger charge is 2.44. The van der Waals surface area contributed by atoms with Crippen LogP contribution in [0.5, 0.6) is 0 Å². The molecule has 0 aromatic carbocycles. The molecule has 1 saturated carbocycles. The fourth-order valence-corrected chi connectivity index (χ4v) is 3.82. The summed E-state index contributed by atoms with van der Waals surface area (Å²) in [6.45, 7) is 6.73. The molecule has 1 fully saturated rings. The largest absolute Gasteiger partial charge is 0.387 e. The number of aromatic nitrogens is 1. The number of hydrogen-bond acceptors (Lipinski definition) is 3. The first kappa shape index (κ1) is 10.7. The molecule has 2 nitrogen and oxygen atoms in total. The molecule has 1 aromatic heterocycles. The van der Waals surface area contributed by atoms with Gasteiger partial charge in [0, 0.05) is 5.41 Å². The minimum atomic E-state index is -0.285. The minimum Gasteiger partial charge on any atom is -0.387 e. The highest BCUT2D eigenvalue weighted by Crippen LogP contribution is 2.52. The van der Waals surface area contributed by atoms with Crippen molar-refractivity contribution in [3.05, 3.63) is 15.6 Å². The summed E-state index contributed by atoms with van der Waals surface area (Å²) in [6, 6.07) is 0. The first-order valence-electron chi connectivity index (χ1n) is 6.08. The highest BCUT2D eigenvalue weighted by molar-refractivity contribution is 7.12. The molecule has 3 rings (SSSR count). The van der Waals surface area contributed by atoms with Gasteiger partial charge in [-0.3, -0.25) is 0 Å². The van der Waals surface area contributed by atoms with Crippen LogP contribution in [-0.2, 0) is 11.8 Å². The summed E-state index contributed by atoms with van der Waals surface area (Å²) in [7, 11) is 0. The monoisotopic (exact) mass is 237 g/mol. The maximum absolute atomic E-state index is 10.2. The third-order valence-corrected chi connectivity index (χ3v) is 5.44. The maximum Gasteiger partial charge on any atom is 0.0991 e. The van der Waals surface area contributed by atoms with Crippen molar-refractivity contribution in [2.75, 3.05) is 0 Å². The van der Waals surface area contributed by atoms with Crippen molar-refractivity contribution in [1.82, 2.24) is 4.98 Å². The molecule has 1 heterocycles. The van der Waals surface area contributed by atoms with Gasteiger partial charge in [-0.05, 0) is 31.1 Å². The average molecular weight is 237 g/mol. The molecule has 0 aliphatic heterocycles. The van der Waals surface area contributed by atoms with Crippen molar-refractivity contribution in [2.24, 2.45) is 5.41 Å². The molecule has 0 spiro atoms. The van der Waals surface area contributed by atoms with Gasteiger partial charge in [-0.15, -0.1) is 11.3 Å². The van der Waals surface area contributed by atoms with Crippen molar-refractivity contribution in [3.63, 3.8) is 0 Å². The lowest BCUT2D eigenvalue weighted by molar-refractivity contribution is 0.102. The number of aliphatic hydroxyl groups is 1. The van der Waals surface area contributed by atoms with Crippen molar-refractivity contribution < 1.29 is 5.11 Å². The second-order valence-corrected chi connectivity index (χ2v) is 7.48. The van der Waals surface area contributed by atoms with Gasteiger partial charge in [0.25, 0.3) is 0 Å². The van der Waals surface area contributed by atoms with Crippen LogP contribution in [0.4, 0.5) is 0 Å². The van der Waals surface area contributed by atoms with Crippen LogP contribution < -0.4 is 0 Å². The fourth-order valence-electron chi connectivity index (χ4n) is 2.55. The van der Waals surface area contributed by atoms with E-state index in [1.165, 1.54) is 17.8 Å². The topological polar surface area (TPSA) is 33.1 Å². The lowest BCUT2D eigenvalue weighted by Crippen LogP contribution is -2.24. The normalized spacial score (nSPS) is 29.9. The van der Waals surface area contributed by atoms with E-state index < -0.39 is 0 Å². The molecule has 0 amide bonds. The van der Waals surface area contributed by atoms with Crippen LogP contribution in [0, 0.1) is 5.41 Å². The SMILES string of the molecule is CC1(C)Cc2nc(C3(C)CC3)sc2C(O)C1. The minimum absolute atomic E-state index is 0.197. The van der Waals surface area contributed by atoms with Crippen LogP contribution >= 0.6 is 11.3 Å². The summed E-state index contributed by atoms with van der Waals surface area (Å²) in [4.78, 5) is 5.93. The quantitative estimate of drug-likeness (QED) is 0.813. The maximum atomic E-state index is 10.2. The van der Waals surface area contributed by atoms with Crippen LogP contribution in [0.15, 0.2) is 0 Å².